The van der Waals surface area contributed by atoms with Gasteiger partial charge >= 0.3 is 5.69 Å². The van der Waals surface area contributed by atoms with E-state index >= 15 is 0 Å². The van der Waals surface area contributed by atoms with Gasteiger partial charge in [0.2, 0.25) is 23.6 Å². The molecule has 0 spiro atoms. The fourth-order valence-electron chi connectivity index (χ4n) is 4.35. The van der Waals surface area contributed by atoms with Crippen LogP contribution in [0.4, 0.5) is 34.8 Å². The Bertz CT molecular complexity index is 1360. The maximum Gasteiger partial charge on any atom is 0.313 e. The van der Waals surface area contributed by atoms with Gasteiger partial charge in [0.25, 0.3) is 0 Å². The first-order valence-corrected chi connectivity index (χ1v) is 12.8. The van der Waals surface area contributed by atoms with Gasteiger partial charge in [0.15, 0.2) is 0 Å². The van der Waals surface area contributed by atoms with E-state index in [4.69, 9.17) is 9.72 Å². The Morgan fingerprint density at radius 1 is 1.15 bits per heavy atom. The van der Waals surface area contributed by atoms with Crippen molar-refractivity contribution in [3.05, 3.63) is 46.0 Å². The molecule has 1 N–H and O–H groups in total. The largest absolute Gasteiger partial charge is 0.473 e. The number of nitrogens with one attached hydrogen (secondary N) is 1. The zero-order chi connectivity index (χ0) is 28.5. The van der Waals surface area contributed by atoms with Gasteiger partial charge in [-0.1, -0.05) is 13.8 Å². The van der Waals surface area contributed by atoms with Gasteiger partial charge in [0, 0.05) is 43.9 Å². The van der Waals surface area contributed by atoms with Gasteiger partial charge in [-0.15, -0.1) is 0 Å². The molecule has 0 aromatic carbocycles. The third-order valence-corrected chi connectivity index (χ3v) is 6.28. The number of aromatic nitrogens is 5. The molecule has 4 heterocycles. The van der Waals surface area contributed by atoms with Crippen molar-refractivity contribution in [2.24, 2.45) is 0 Å². The smallest absolute Gasteiger partial charge is 0.313 e. The lowest BCUT2D eigenvalue weighted by Crippen LogP contribution is -2.29. The molecule has 0 aliphatic carbocycles. The zero-order valence-corrected chi connectivity index (χ0v) is 23.8. The Kier molecular flexibility index (Phi) is 7.82. The van der Waals surface area contributed by atoms with Crippen molar-refractivity contribution in [1.29, 1.82) is 0 Å². The molecule has 13 heteroatoms. The third kappa shape index (κ3) is 6.14. The van der Waals surface area contributed by atoms with Gasteiger partial charge in [-0.25, -0.2) is 9.97 Å². The van der Waals surface area contributed by atoms with E-state index in [2.05, 4.69) is 39.1 Å². The van der Waals surface area contributed by atoms with Crippen molar-refractivity contribution in [2.75, 3.05) is 55.9 Å². The average Bonchev–Trinajstić information content (AvgIpc) is 3.13. The quantitative estimate of drug-likeness (QED) is 0.297. The molecule has 0 atom stereocenters. The molecule has 0 unspecified atom stereocenters. The maximum atomic E-state index is 12.0. The number of aryl methyl sites for hydroxylation is 1. The van der Waals surface area contributed by atoms with E-state index < -0.39 is 4.92 Å². The molecule has 3 aromatic rings. The summed E-state index contributed by atoms with van der Waals surface area (Å²) >= 11 is 0. The molecule has 13 nitrogen and oxygen atoms in total. The molecule has 1 aliphatic heterocycles. The van der Waals surface area contributed by atoms with Crippen molar-refractivity contribution in [1.82, 2.24) is 29.8 Å². The molecule has 39 heavy (non-hydrogen) atoms. The number of rotatable bonds is 10. The number of fused-ring (bicyclic) bond motifs is 1. The van der Waals surface area contributed by atoms with Crippen molar-refractivity contribution >= 4 is 34.8 Å². The molecule has 0 fully saturated rings. The second-order valence-corrected chi connectivity index (χ2v) is 10.9. The van der Waals surface area contributed by atoms with Crippen LogP contribution in [0.3, 0.4) is 0 Å². The molecule has 208 valence electrons. The van der Waals surface area contributed by atoms with E-state index in [1.54, 1.807) is 11.9 Å². The predicted molar refractivity (Wildman–Crippen MR) is 151 cm³/mol. The minimum atomic E-state index is -0.449. The second kappa shape index (κ2) is 10.9. The Morgan fingerprint density at radius 2 is 1.90 bits per heavy atom. The van der Waals surface area contributed by atoms with Crippen LogP contribution in [0.5, 0.6) is 5.88 Å². The number of likely N-dealkylation sites (N-methyl/N-ethyl adjacent to an activating group) is 2. The number of ether oxygens (including phenoxy) is 1. The SMILES string of the molecule is Cc1ccc2c(n1)C(C)(C)CN2c1ncnc(Nc2cc([N+](=O)[O-])c(N(C)CCN(C)C)nc2OC(C)C)n1. The van der Waals surface area contributed by atoms with Crippen LogP contribution in [0, 0.1) is 17.0 Å². The van der Waals surface area contributed by atoms with Crippen molar-refractivity contribution in [3.63, 3.8) is 0 Å². The highest BCUT2D eigenvalue weighted by Gasteiger charge is 2.38. The standard InChI is InChI=1S/C26H36N10O3/c1-16(2)39-23-18(13-20(36(37)38)22(31-23)34(8)12-11-33(6)7)30-24-27-15-28-25(32-24)35-14-26(4,5)21-19(35)10-9-17(3)29-21/h9-10,13,15-16H,11-12,14H2,1-8H3,(H,27,28,30,32). The Balaban J connectivity index is 1.70. The minimum absolute atomic E-state index is 0.152. The highest BCUT2D eigenvalue weighted by Crippen LogP contribution is 2.42. The van der Waals surface area contributed by atoms with E-state index in [0.29, 0.717) is 25.6 Å². The molecule has 0 saturated heterocycles. The Hall–Kier alpha value is -4.13. The first-order chi connectivity index (χ1) is 18.4. The number of nitrogens with zero attached hydrogens (tertiary/aromatic N) is 9. The Labute approximate surface area is 228 Å². The zero-order valence-electron chi connectivity index (χ0n) is 23.8. The predicted octanol–water partition coefficient (Wildman–Crippen LogP) is 3.84. The molecular formula is C26H36N10O3. The van der Waals surface area contributed by atoms with E-state index in [1.807, 2.05) is 56.8 Å². The molecular weight excluding hydrogens is 500 g/mol. The highest BCUT2D eigenvalue weighted by molar-refractivity contribution is 5.72. The maximum absolute atomic E-state index is 12.0. The lowest BCUT2D eigenvalue weighted by atomic mass is 9.91. The number of hydrogen-bond donors (Lipinski definition) is 1. The van der Waals surface area contributed by atoms with Gasteiger partial charge in [-0.3, -0.25) is 15.1 Å². The van der Waals surface area contributed by atoms with Crippen molar-refractivity contribution in [3.8, 4) is 5.88 Å². The van der Waals surface area contributed by atoms with Gasteiger partial charge in [-0.2, -0.15) is 9.97 Å². The topological polar surface area (TPSA) is 139 Å². The molecule has 1 aliphatic rings. The van der Waals surface area contributed by atoms with Crippen LogP contribution in [0.15, 0.2) is 24.5 Å². The van der Waals surface area contributed by atoms with E-state index in [1.165, 1.54) is 12.4 Å². The van der Waals surface area contributed by atoms with Gasteiger partial charge in [-0.05, 0) is 47.0 Å². The van der Waals surface area contributed by atoms with Crippen LogP contribution in [0.1, 0.15) is 39.1 Å². The minimum Gasteiger partial charge on any atom is -0.473 e. The number of anilines is 5. The second-order valence-electron chi connectivity index (χ2n) is 10.9. The molecule has 0 saturated carbocycles. The summed E-state index contributed by atoms with van der Waals surface area (Å²) in [6.45, 7) is 11.9. The summed E-state index contributed by atoms with van der Waals surface area (Å²) in [6.07, 6.45) is 1.19. The van der Waals surface area contributed by atoms with E-state index in [-0.39, 0.29) is 40.5 Å². The highest BCUT2D eigenvalue weighted by atomic mass is 16.6. The van der Waals surface area contributed by atoms with Crippen LogP contribution >= 0.6 is 0 Å². The molecule has 0 amide bonds. The third-order valence-electron chi connectivity index (χ3n) is 6.28. The summed E-state index contributed by atoms with van der Waals surface area (Å²) in [5.41, 5.74) is 2.81. The van der Waals surface area contributed by atoms with E-state index in [0.717, 1.165) is 17.1 Å². The van der Waals surface area contributed by atoms with Gasteiger partial charge < -0.3 is 24.8 Å². The summed E-state index contributed by atoms with van der Waals surface area (Å²) in [5, 5.41) is 15.1. The van der Waals surface area contributed by atoms with Crippen LogP contribution < -0.4 is 19.9 Å². The fourth-order valence-corrected chi connectivity index (χ4v) is 4.35. The lowest BCUT2D eigenvalue weighted by molar-refractivity contribution is -0.384. The van der Waals surface area contributed by atoms with E-state index in [9.17, 15) is 10.1 Å². The van der Waals surface area contributed by atoms with Gasteiger partial charge in [0.05, 0.1) is 22.4 Å². The first-order valence-electron chi connectivity index (χ1n) is 12.8. The molecule has 0 bridgehead atoms. The number of pyridine rings is 2. The number of hydrogen-bond acceptors (Lipinski definition) is 12. The van der Waals surface area contributed by atoms with Crippen LogP contribution in [0.25, 0.3) is 0 Å². The molecule has 4 rings (SSSR count). The van der Waals surface area contributed by atoms with Crippen LogP contribution in [-0.2, 0) is 5.41 Å². The van der Waals surface area contributed by atoms with Crippen LogP contribution in [0.2, 0.25) is 0 Å². The molecule has 3 aromatic heterocycles. The van der Waals surface area contributed by atoms with Crippen LogP contribution in [-0.4, -0.2) is 81.6 Å². The average molecular weight is 537 g/mol. The van der Waals surface area contributed by atoms with Crippen molar-refractivity contribution < 1.29 is 9.66 Å². The summed E-state index contributed by atoms with van der Waals surface area (Å²) < 4.78 is 5.96. The summed E-state index contributed by atoms with van der Waals surface area (Å²) in [4.78, 5) is 40.0. The summed E-state index contributed by atoms with van der Waals surface area (Å²) in [7, 11) is 5.66. The lowest BCUT2D eigenvalue weighted by Gasteiger charge is -2.22. The number of nitro groups is 1. The first kappa shape index (κ1) is 27.9. The van der Waals surface area contributed by atoms with Gasteiger partial charge in [0.1, 0.15) is 12.0 Å². The summed E-state index contributed by atoms with van der Waals surface area (Å²) in [5.74, 6) is 1.10. The monoisotopic (exact) mass is 536 g/mol. The summed E-state index contributed by atoms with van der Waals surface area (Å²) in [6, 6.07) is 5.40. The molecule has 0 radical (unpaired) electrons. The van der Waals surface area contributed by atoms with Crippen molar-refractivity contribution in [2.45, 2.75) is 46.1 Å². The fraction of sp³-hybridized carbons (Fsp3) is 0.500. The Morgan fingerprint density at radius 3 is 2.56 bits per heavy atom. The normalized spacial score (nSPS) is 14.1.